The maximum atomic E-state index is 11.8. The van der Waals surface area contributed by atoms with E-state index in [4.69, 9.17) is 0 Å². The smallest absolute Gasteiger partial charge is 0.237 e. The molecule has 1 amide bonds. The molecule has 0 radical (unpaired) electrons. The molecule has 1 atom stereocenters. The lowest BCUT2D eigenvalue weighted by atomic mass is 10.1. The molecule has 1 unspecified atom stereocenters. The monoisotopic (exact) mass is 285 g/mol. The summed E-state index contributed by atoms with van der Waals surface area (Å²) in [7, 11) is 0. The highest BCUT2D eigenvalue weighted by Gasteiger charge is 2.12. The van der Waals surface area contributed by atoms with Gasteiger partial charge in [-0.15, -0.1) is 0 Å². The zero-order valence-corrected chi connectivity index (χ0v) is 13.1. The van der Waals surface area contributed by atoms with Crippen molar-refractivity contribution in [1.82, 2.24) is 15.6 Å². The van der Waals surface area contributed by atoms with Crippen molar-refractivity contribution in [2.24, 2.45) is 0 Å². The minimum absolute atomic E-state index is 0.0306. The Kier molecular flexibility index (Phi) is 4.91. The lowest BCUT2D eigenvalue weighted by molar-refractivity contribution is -0.123. The third-order valence-corrected chi connectivity index (χ3v) is 3.33. The number of amides is 1. The van der Waals surface area contributed by atoms with E-state index in [1.54, 1.807) is 0 Å². The van der Waals surface area contributed by atoms with Crippen LogP contribution in [0, 0.1) is 6.92 Å². The number of carbonyl (C=O) groups is 1. The number of carbonyl (C=O) groups excluding carboxylic acids is 1. The predicted octanol–water partition coefficient (Wildman–Crippen LogP) is 2.55. The van der Waals surface area contributed by atoms with Crippen molar-refractivity contribution in [3.8, 4) is 0 Å². The highest BCUT2D eigenvalue weighted by Crippen LogP contribution is 2.14. The largest absolute Gasteiger partial charge is 0.353 e. The van der Waals surface area contributed by atoms with Gasteiger partial charge in [-0.1, -0.05) is 12.1 Å². The number of benzene rings is 1. The standard InChI is InChI=1S/C17H23N3O/c1-11(2)19-17(21)13(4)18-10-14-6-8-16-15(9-14)7-5-12(3)20-16/h5-9,11,13,18H,10H2,1-4H3,(H,19,21). The van der Waals surface area contributed by atoms with Gasteiger partial charge in [-0.3, -0.25) is 9.78 Å². The van der Waals surface area contributed by atoms with E-state index in [0.717, 1.165) is 22.2 Å². The minimum Gasteiger partial charge on any atom is -0.353 e. The second kappa shape index (κ2) is 6.68. The van der Waals surface area contributed by atoms with Crippen molar-refractivity contribution in [2.45, 2.75) is 46.3 Å². The number of fused-ring (bicyclic) bond motifs is 1. The maximum absolute atomic E-state index is 11.8. The highest BCUT2D eigenvalue weighted by atomic mass is 16.2. The van der Waals surface area contributed by atoms with Gasteiger partial charge in [-0.05, 0) is 51.5 Å². The summed E-state index contributed by atoms with van der Waals surface area (Å²) in [6.07, 6.45) is 0. The molecule has 1 aromatic heterocycles. The van der Waals surface area contributed by atoms with E-state index in [-0.39, 0.29) is 18.0 Å². The van der Waals surface area contributed by atoms with Crippen molar-refractivity contribution >= 4 is 16.8 Å². The molecule has 112 valence electrons. The molecule has 0 saturated heterocycles. The van der Waals surface area contributed by atoms with E-state index in [9.17, 15) is 4.79 Å². The van der Waals surface area contributed by atoms with E-state index in [2.05, 4.69) is 33.8 Å². The van der Waals surface area contributed by atoms with Gasteiger partial charge in [-0.25, -0.2) is 0 Å². The SMILES string of the molecule is Cc1ccc2cc(CNC(C)C(=O)NC(C)C)ccc2n1. The van der Waals surface area contributed by atoms with Gasteiger partial charge in [0, 0.05) is 23.7 Å². The molecule has 2 aromatic rings. The first-order valence-corrected chi connectivity index (χ1v) is 7.36. The second-order valence-electron chi connectivity index (χ2n) is 5.75. The van der Waals surface area contributed by atoms with E-state index in [0.29, 0.717) is 6.54 Å². The number of aromatic nitrogens is 1. The van der Waals surface area contributed by atoms with Crippen molar-refractivity contribution in [3.63, 3.8) is 0 Å². The molecule has 2 rings (SSSR count). The van der Waals surface area contributed by atoms with Gasteiger partial charge in [0.05, 0.1) is 11.6 Å². The summed E-state index contributed by atoms with van der Waals surface area (Å²) in [4.78, 5) is 16.3. The topological polar surface area (TPSA) is 54.0 Å². The fourth-order valence-electron chi connectivity index (χ4n) is 2.16. The Balaban J connectivity index is 2.00. The van der Waals surface area contributed by atoms with Crippen LogP contribution in [0.5, 0.6) is 0 Å². The van der Waals surface area contributed by atoms with E-state index in [1.807, 2.05) is 39.8 Å². The average Bonchev–Trinajstić information content (AvgIpc) is 2.43. The summed E-state index contributed by atoms with van der Waals surface area (Å²) in [5.74, 6) is 0.0306. The molecule has 1 aromatic carbocycles. The molecular formula is C17H23N3O. The molecular weight excluding hydrogens is 262 g/mol. The number of hydrogen-bond acceptors (Lipinski definition) is 3. The fraction of sp³-hybridized carbons (Fsp3) is 0.412. The predicted molar refractivity (Wildman–Crippen MR) is 86.1 cm³/mol. The number of hydrogen-bond donors (Lipinski definition) is 2. The van der Waals surface area contributed by atoms with E-state index < -0.39 is 0 Å². The van der Waals surface area contributed by atoms with E-state index in [1.165, 1.54) is 0 Å². The Morgan fingerprint density at radius 2 is 1.95 bits per heavy atom. The first-order valence-electron chi connectivity index (χ1n) is 7.36. The number of aryl methyl sites for hydroxylation is 1. The Morgan fingerprint density at radius 3 is 2.67 bits per heavy atom. The third-order valence-electron chi connectivity index (χ3n) is 3.33. The van der Waals surface area contributed by atoms with Crippen LogP contribution in [-0.2, 0) is 11.3 Å². The summed E-state index contributed by atoms with van der Waals surface area (Å²) in [5, 5.41) is 7.28. The molecule has 0 spiro atoms. The van der Waals surface area contributed by atoms with E-state index >= 15 is 0 Å². The van der Waals surface area contributed by atoms with Crippen LogP contribution < -0.4 is 10.6 Å². The first-order chi connectivity index (χ1) is 9.95. The lowest BCUT2D eigenvalue weighted by Gasteiger charge is -2.16. The Morgan fingerprint density at radius 1 is 1.19 bits per heavy atom. The van der Waals surface area contributed by atoms with Crippen LogP contribution >= 0.6 is 0 Å². The molecule has 0 saturated carbocycles. The second-order valence-corrected chi connectivity index (χ2v) is 5.75. The fourth-order valence-corrected chi connectivity index (χ4v) is 2.16. The molecule has 2 N–H and O–H groups in total. The molecule has 0 aliphatic rings. The zero-order valence-electron chi connectivity index (χ0n) is 13.1. The van der Waals surface area contributed by atoms with Crippen molar-refractivity contribution in [3.05, 3.63) is 41.6 Å². The number of rotatable bonds is 5. The number of pyridine rings is 1. The molecule has 0 aliphatic heterocycles. The summed E-state index contributed by atoms with van der Waals surface area (Å²) in [6, 6.07) is 10.2. The van der Waals surface area contributed by atoms with Gasteiger partial charge in [0.2, 0.25) is 5.91 Å². The van der Waals surface area contributed by atoms with Crippen LogP contribution in [0.25, 0.3) is 10.9 Å². The van der Waals surface area contributed by atoms with Gasteiger partial charge >= 0.3 is 0 Å². The maximum Gasteiger partial charge on any atom is 0.237 e. The number of nitrogens with zero attached hydrogens (tertiary/aromatic N) is 1. The van der Waals surface area contributed by atoms with Crippen LogP contribution in [-0.4, -0.2) is 23.0 Å². The Labute approximate surface area is 126 Å². The molecule has 0 aliphatic carbocycles. The van der Waals surface area contributed by atoms with Crippen molar-refractivity contribution in [1.29, 1.82) is 0 Å². The first kappa shape index (κ1) is 15.4. The normalized spacial score (nSPS) is 12.6. The summed E-state index contributed by atoms with van der Waals surface area (Å²) < 4.78 is 0. The lowest BCUT2D eigenvalue weighted by Crippen LogP contribution is -2.44. The van der Waals surface area contributed by atoms with Crippen molar-refractivity contribution < 1.29 is 4.79 Å². The summed E-state index contributed by atoms with van der Waals surface area (Å²) in [6.45, 7) is 8.45. The summed E-state index contributed by atoms with van der Waals surface area (Å²) in [5.41, 5.74) is 3.18. The molecule has 21 heavy (non-hydrogen) atoms. The number of nitrogens with one attached hydrogen (secondary N) is 2. The molecule has 0 fully saturated rings. The van der Waals surface area contributed by atoms with Crippen LogP contribution in [0.15, 0.2) is 30.3 Å². The molecule has 4 heteroatoms. The van der Waals surface area contributed by atoms with Gasteiger partial charge in [0.1, 0.15) is 0 Å². The minimum atomic E-state index is -0.209. The van der Waals surface area contributed by atoms with Gasteiger partial charge in [0.25, 0.3) is 0 Å². The highest BCUT2D eigenvalue weighted by molar-refractivity contribution is 5.81. The quantitative estimate of drug-likeness (QED) is 0.887. The van der Waals surface area contributed by atoms with Crippen LogP contribution in [0.1, 0.15) is 32.0 Å². The molecule has 1 heterocycles. The average molecular weight is 285 g/mol. The summed E-state index contributed by atoms with van der Waals surface area (Å²) >= 11 is 0. The van der Waals surface area contributed by atoms with Gasteiger partial charge in [-0.2, -0.15) is 0 Å². The Bertz CT molecular complexity index is 637. The zero-order chi connectivity index (χ0) is 15.4. The van der Waals surface area contributed by atoms with Gasteiger partial charge in [0.15, 0.2) is 0 Å². The van der Waals surface area contributed by atoms with Crippen LogP contribution in [0.2, 0.25) is 0 Å². The third kappa shape index (κ3) is 4.26. The Hall–Kier alpha value is -1.94. The van der Waals surface area contributed by atoms with Crippen LogP contribution in [0.4, 0.5) is 0 Å². The molecule has 4 nitrogen and oxygen atoms in total. The van der Waals surface area contributed by atoms with Gasteiger partial charge < -0.3 is 10.6 Å². The van der Waals surface area contributed by atoms with Crippen LogP contribution in [0.3, 0.4) is 0 Å². The molecule has 0 bridgehead atoms. The van der Waals surface area contributed by atoms with Crippen molar-refractivity contribution in [2.75, 3.05) is 0 Å².